The fourth-order valence-electron chi connectivity index (χ4n) is 2.45. The molecule has 1 nitrogen and oxygen atoms in total. The van der Waals surface area contributed by atoms with Crippen molar-refractivity contribution < 1.29 is 4.57 Å². The summed E-state index contributed by atoms with van der Waals surface area (Å²) in [7, 11) is -1.53. The van der Waals surface area contributed by atoms with Crippen LogP contribution >= 0.6 is 7.80 Å². The van der Waals surface area contributed by atoms with Gasteiger partial charge in [0.15, 0.2) is 0 Å². The van der Waals surface area contributed by atoms with E-state index in [1.807, 2.05) is 36.4 Å². The predicted molar refractivity (Wildman–Crippen MR) is 87.9 cm³/mol. The molecule has 2 aromatic rings. The van der Waals surface area contributed by atoms with Gasteiger partial charge in [-0.2, -0.15) is 0 Å². The quantitative estimate of drug-likeness (QED) is 0.743. The highest BCUT2D eigenvalue weighted by molar-refractivity contribution is 7.61. The molecular weight excluding hydrogens is 263 g/mol. The first-order chi connectivity index (χ1) is 9.52. The predicted octanol–water partition coefficient (Wildman–Crippen LogP) is 4.71. The maximum absolute atomic E-state index is 13.0. The molecule has 0 unspecified atom stereocenters. The zero-order valence-corrected chi connectivity index (χ0v) is 13.5. The van der Waals surface area contributed by atoms with Gasteiger partial charge in [0.1, 0.15) is 7.80 Å². The zero-order chi connectivity index (χ0) is 14.7. The van der Waals surface area contributed by atoms with Crippen molar-refractivity contribution in [2.45, 2.75) is 39.5 Å². The summed E-state index contributed by atoms with van der Waals surface area (Å²) in [6.45, 7) is 8.60. The maximum Gasteiger partial charge on any atom is 0.137 e. The van der Waals surface area contributed by atoms with Gasteiger partial charge < -0.3 is 0 Å². The van der Waals surface area contributed by atoms with E-state index in [2.05, 4.69) is 39.8 Å². The molecule has 0 aliphatic rings. The van der Waals surface area contributed by atoms with Crippen molar-refractivity contribution in [3.05, 3.63) is 59.7 Å². The Kier molecular flexibility index (Phi) is 4.73. The summed E-state index contributed by atoms with van der Waals surface area (Å²) < 4.78 is 13.0. The van der Waals surface area contributed by atoms with Crippen LogP contribution in [0.5, 0.6) is 0 Å². The molecule has 2 aromatic carbocycles. The van der Waals surface area contributed by atoms with Crippen molar-refractivity contribution >= 4 is 18.4 Å². The average molecular weight is 285 g/mol. The molecule has 0 bridgehead atoms. The van der Waals surface area contributed by atoms with Gasteiger partial charge in [0.05, 0.1) is 0 Å². The summed E-state index contributed by atoms with van der Waals surface area (Å²) in [6.07, 6.45) is 0. The smallest absolute Gasteiger partial charge is 0.137 e. The maximum atomic E-state index is 13.0. The lowest BCUT2D eigenvalue weighted by atomic mass is 10.0. The van der Waals surface area contributed by atoms with E-state index in [-0.39, 0.29) is 0 Å². The first kappa shape index (κ1) is 14.9. The first-order valence-electron chi connectivity index (χ1n) is 7.17. The Balaban J connectivity index is 2.53. The molecular formula is C18H22OP. The van der Waals surface area contributed by atoms with Crippen LogP contribution in [0.25, 0.3) is 0 Å². The van der Waals surface area contributed by atoms with Gasteiger partial charge in [0, 0.05) is 10.6 Å². The summed E-state index contributed by atoms with van der Waals surface area (Å²) >= 11 is 0. The van der Waals surface area contributed by atoms with Gasteiger partial charge in [0.25, 0.3) is 0 Å². The lowest BCUT2D eigenvalue weighted by molar-refractivity contribution is 0.597. The molecule has 105 valence electrons. The molecule has 0 heterocycles. The summed E-state index contributed by atoms with van der Waals surface area (Å²) in [5, 5.41) is 1.95. The molecule has 0 saturated heterocycles. The molecule has 0 spiro atoms. The Bertz CT molecular complexity index is 561. The van der Waals surface area contributed by atoms with Crippen molar-refractivity contribution in [2.24, 2.45) is 0 Å². The SMILES string of the molecule is CC(C)c1ccccc1[P](=O)c1ccccc1C(C)C. The standard InChI is InChI=1S/C18H22OP/c1-13(2)15-9-5-7-11-17(15)20(19)18-12-8-6-10-16(18)14(3)4/h5-14H,1-4H3. The second-order valence-corrected chi connectivity index (χ2v) is 7.27. The van der Waals surface area contributed by atoms with Gasteiger partial charge in [-0.3, -0.25) is 4.57 Å². The molecule has 0 aromatic heterocycles. The van der Waals surface area contributed by atoms with Crippen molar-refractivity contribution in [1.29, 1.82) is 0 Å². The summed E-state index contributed by atoms with van der Waals surface area (Å²) in [6, 6.07) is 16.2. The second-order valence-electron chi connectivity index (χ2n) is 5.72. The molecule has 2 heteroatoms. The van der Waals surface area contributed by atoms with Gasteiger partial charge in [-0.15, -0.1) is 0 Å². The summed E-state index contributed by atoms with van der Waals surface area (Å²) in [5.41, 5.74) is 2.37. The van der Waals surface area contributed by atoms with Crippen LogP contribution in [-0.4, -0.2) is 0 Å². The van der Waals surface area contributed by atoms with E-state index in [9.17, 15) is 4.57 Å². The van der Waals surface area contributed by atoms with Crippen LogP contribution in [0.4, 0.5) is 0 Å². The summed E-state index contributed by atoms with van der Waals surface area (Å²) in [4.78, 5) is 0. The Labute approximate surface area is 122 Å². The van der Waals surface area contributed by atoms with Crippen LogP contribution < -0.4 is 10.6 Å². The normalized spacial score (nSPS) is 11.1. The van der Waals surface area contributed by atoms with Gasteiger partial charge in [-0.05, 0) is 35.1 Å². The highest BCUT2D eigenvalue weighted by Crippen LogP contribution is 2.29. The molecule has 0 aliphatic heterocycles. The Morgan fingerprint density at radius 3 is 1.40 bits per heavy atom. The van der Waals surface area contributed by atoms with E-state index in [4.69, 9.17) is 0 Å². The zero-order valence-electron chi connectivity index (χ0n) is 12.6. The molecule has 0 saturated carbocycles. The molecule has 0 aliphatic carbocycles. The summed E-state index contributed by atoms with van der Waals surface area (Å²) in [5.74, 6) is 0.771. The van der Waals surface area contributed by atoms with Crippen molar-refractivity contribution in [1.82, 2.24) is 0 Å². The monoisotopic (exact) mass is 285 g/mol. The number of rotatable bonds is 4. The van der Waals surface area contributed by atoms with Gasteiger partial charge in [-0.1, -0.05) is 64.1 Å². The molecule has 2 rings (SSSR count). The minimum absolute atomic E-state index is 0.386. The average Bonchev–Trinajstić information content (AvgIpc) is 2.46. The number of benzene rings is 2. The van der Waals surface area contributed by atoms with E-state index in [1.54, 1.807) is 0 Å². The van der Waals surface area contributed by atoms with Crippen LogP contribution in [0.1, 0.15) is 50.7 Å². The van der Waals surface area contributed by atoms with E-state index < -0.39 is 7.80 Å². The second kappa shape index (κ2) is 6.33. The third-order valence-electron chi connectivity index (χ3n) is 3.56. The van der Waals surface area contributed by atoms with Crippen LogP contribution in [0.3, 0.4) is 0 Å². The lowest BCUT2D eigenvalue weighted by Crippen LogP contribution is -2.16. The first-order valence-corrected chi connectivity index (χ1v) is 8.43. The highest BCUT2D eigenvalue weighted by atomic mass is 31.1. The van der Waals surface area contributed by atoms with Crippen LogP contribution in [0.15, 0.2) is 48.5 Å². The van der Waals surface area contributed by atoms with Crippen LogP contribution in [0, 0.1) is 0 Å². The van der Waals surface area contributed by atoms with E-state index in [0.29, 0.717) is 11.8 Å². The van der Waals surface area contributed by atoms with Gasteiger partial charge >= 0.3 is 0 Å². The van der Waals surface area contributed by atoms with Gasteiger partial charge in [-0.25, -0.2) is 0 Å². The fraction of sp³-hybridized carbons (Fsp3) is 0.333. The van der Waals surface area contributed by atoms with Crippen molar-refractivity contribution in [3.8, 4) is 0 Å². The topological polar surface area (TPSA) is 17.1 Å². The molecule has 0 amide bonds. The Hall–Kier alpha value is -1.46. The number of hydrogen-bond acceptors (Lipinski definition) is 1. The van der Waals surface area contributed by atoms with Crippen molar-refractivity contribution in [2.75, 3.05) is 0 Å². The minimum Gasteiger partial charge on any atom is -0.277 e. The lowest BCUT2D eigenvalue weighted by Gasteiger charge is -2.15. The van der Waals surface area contributed by atoms with E-state index in [0.717, 1.165) is 10.6 Å². The van der Waals surface area contributed by atoms with E-state index >= 15 is 0 Å². The molecule has 0 N–H and O–H groups in total. The van der Waals surface area contributed by atoms with Gasteiger partial charge in [0.2, 0.25) is 0 Å². The third-order valence-corrected chi connectivity index (χ3v) is 5.24. The third kappa shape index (κ3) is 2.99. The molecule has 20 heavy (non-hydrogen) atoms. The van der Waals surface area contributed by atoms with Crippen molar-refractivity contribution in [3.63, 3.8) is 0 Å². The molecule has 0 atom stereocenters. The van der Waals surface area contributed by atoms with Crippen LogP contribution in [-0.2, 0) is 4.57 Å². The minimum atomic E-state index is -1.53. The Morgan fingerprint density at radius 2 is 1.05 bits per heavy atom. The molecule has 0 fully saturated rings. The highest BCUT2D eigenvalue weighted by Gasteiger charge is 2.18. The molecule has 1 radical (unpaired) electrons. The fourth-order valence-corrected chi connectivity index (χ4v) is 4.29. The largest absolute Gasteiger partial charge is 0.277 e. The number of hydrogen-bond donors (Lipinski definition) is 0. The van der Waals surface area contributed by atoms with E-state index in [1.165, 1.54) is 11.1 Å². The van der Waals surface area contributed by atoms with Crippen LogP contribution in [0.2, 0.25) is 0 Å². The Morgan fingerprint density at radius 1 is 0.700 bits per heavy atom.